The Hall–Kier alpha value is -4.33. The molecule has 2 N–H and O–H groups in total. The number of pyridine rings is 1. The highest BCUT2D eigenvalue weighted by atomic mass is 35.5. The highest BCUT2D eigenvalue weighted by Gasteiger charge is 2.43. The van der Waals surface area contributed by atoms with Gasteiger partial charge >= 0.3 is 12.1 Å². The van der Waals surface area contributed by atoms with Crippen LogP contribution < -0.4 is 15.6 Å². The van der Waals surface area contributed by atoms with Crippen molar-refractivity contribution in [3.05, 3.63) is 99.4 Å². The first-order chi connectivity index (χ1) is 20.0. The molecule has 0 atom stereocenters. The number of nitriles is 1. The average Bonchev–Trinajstić information content (AvgIpc) is 3.77. The third-order valence-electron chi connectivity index (χ3n) is 7.17. The number of alkyl halides is 3. The lowest BCUT2D eigenvalue weighted by atomic mass is 9.96. The number of rotatable bonds is 8. The number of ether oxygens (including phenoxy) is 1. The van der Waals surface area contributed by atoms with Crippen LogP contribution in [0.5, 0.6) is 5.75 Å². The Labute approximate surface area is 244 Å². The van der Waals surface area contributed by atoms with Crippen LogP contribution in [0.3, 0.4) is 0 Å². The predicted molar refractivity (Wildman–Crippen MR) is 154 cm³/mol. The largest absolute Gasteiger partial charge is 0.497 e. The van der Waals surface area contributed by atoms with Gasteiger partial charge in [-0.3, -0.25) is 9.36 Å². The molecule has 0 radical (unpaired) electrons. The van der Waals surface area contributed by atoms with Crippen LogP contribution in [-0.2, 0) is 16.8 Å². The summed E-state index contributed by atoms with van der Waals surface area (Å²) >= 11 is 6.05. The Balaban J connectivity index is 0.000000517. The number of carboxylic acids is 1. The molecule has 0 saturated heterocycles. The zero-order valence-corrected chi connectivity index (χ0v) is 23.3. The second-order valence-electron chi connectivity index (χ2n) is 9.84. The first-order valence-corrected chi connectivity index (χ1v) is 13.4. The topological polar surface area (TPSA) is 104 Å². The number of carboxylic acid groups (broad SMARTS) is 1. The van der Waals surface area contributed by atoms with Crippen LogP contribution in [0.1, 0.15) is 24.1 Å². The van der Waals surface area contributed by atoms with E-state index < -0.39 is 12.1 Å². The number of fused-ring (bicyclic) bond motifs is 1. The van der Waals surface area contributed by atoms with Crippen molar-refractivity contribution in [3.63, 3.8) is 0 Å². The van der Waals surface area contributed by atoms with E-state index >= 15 is 0 Å². The lowest BCUT2D eigenvalue weighted by molar-refractivity contribution is -0.192. The lowest BCUT2D eigenvalue weighted by Gasteiger charge is -2.19. The molecule has 218 valence electrons. The highest BCUT2D eigenvalue weighted by molar-refractivity contribution is 6.30. The monoisotopic (exact) mass is 597 g/mol. The van der Waals surface area contributed by atoms with E-state index in [-0.39, 0.29) is 11.0 Å². The van der Waals surface area contributed by atoms with Crippen LogP contribution in [0.4, 0.5) is 13.2 Å². The second-order valence-corrected chi connectivity index (χ2v) is 10.3. The van der Waals surface area contributed by atoms with Crippen molar-refractivity contribution in [1.82, 2.24) is 9.88 Å². The number of methoxy groups -OCH3 is 1. The smallest absolute Gasteiger partial charge is 0.490 e. The van der Waals surface area contributed by atoms with Gasteiger partial charge in [0.2, 0.25) is 0 Å². The lowest BCUT2D eigenvalue weighted by Crippen LogP contribution is -2.33. The van der Waals surface area contributed by atoms with Crippen LogP contribution in [0.2, 0.25) is 5.02 Å². The summed E-state index contributed by atoms with van der Waals surface area (Å²) in [6, 6.07) is 25.5. The summed E-state index contributed by atoms with van der Waals surface area (Å²) in [6.45, 7) is 1.81. The molecular formula is C31H27ClF3N3O4. The Morgan fingerprint density at radius 2 is 1.74 bits per heavy atom. The minimum atomic E-state index is -5.08. The fraction of sp³-hybridized carbons (Fsp3) is 0.258. The van der Waals surface area contributed by atoms with Crippen LogP contribution in [0.15, 0.2) is 77.6 Å². The van der Waals surface area contributed by atoms with Crippen molar-refractivity contribution in [3.8, 4) is 22.9 Å². The van der Waals surface area contributed by atoms with Gasteiger partial charge in [0.05, 0.1) is 7.11 Å². The Kier molecular flexibility index (Phi) is 9.24. The van der Waals surface area contributed by atoms with Gasteiger partial charge in [0, 0.05) is 46.4 Å². The molecule has 0 amide bonds. The molecule has 1 fully saturated rings. The van der Waals surface area contributed by atoms with Gasteiger partial charge in [0.1, 0.15) is 17.5 Å². The number of aliphatic carboxylic acids is 1. The van der Waals surface area contributed by atoms with E-state index in [1.165, 1.54) is 5.56 Å². The van der Waals surface area contributed by atoms with E-state index in [4.69, 9.17) is 26.2 Å². The normalized spacial score (nSPS) is 13.5. The van der Waals surface area contributed by atoms with Gasteiger partial charge in [0.15, 0.2) is 0 Å². The molecule has 4 aromatic rings. The molecule has 0 bridgehead atoms. The van der Waals surface area contributed by atoms with Crippen LogP contribution in [0, 0.1) is 11.3 Å². The molecular weight excluding hydrogens is 571 g/mol. The molecule has 7 nitrogen and oxygen atoms in total. The minimum absolute atomic E-state index is 0.128. The summed E-state index contributed by atoms with van der Waals surface area (Å²) in [7, 11) is 1.60. The molecule has 1 aliphatic carbocycles. The fourth-order valence-electron chi connectivity index (χ4n) is 4.82. The Morgan fingerprint density at radius 1 is 1.10 bits per heavy atom. The van der Waals surface area contributed by atoms with E-state index in [1.807, 2.05) is 48.5 Å². The van der Waals surface area contributed by atoms with Crippen molar-refractivity contribution < 1.29 is 27.8 Å². The van der Waals surface area contributed by atoms with Crippen LogP contribution >= 0.6 is 11.6 Å². The molecule has 11 heteroatoms. The maximum Gasteiger partial charge on any atom is 0.490 e. The molecule has 1 heterocycles. The summed E-state index contributed by atoms with van der Waals surface area (Å²) in [4.78, 5) is 22.4. The van der Waals surface area contributed by atoms with Gasteiger partial charge in [-0.2, -0.15) is 18.4 Å². The molecule has 0 aliphatic heterocycles. The Morgan fingerprint density at radius 3 is 2.29 bits per heavy atom. The standard InChI is InChI=1S/C29H26ClN3O2.C2HF3O2/c1-35-23-11-12-24-25(17-23)27(20-5-3-2-4-6-20)26(18-31)33(28(24)34)16-15-32-19-29(13-14-29)21-7-9-22(30)10-8-21;3-2(4,5)1(6)7/h2-12,17,32H,13-16,19H2,1H3;(H,6,7). The van der Waals surface area contributed by atoms with E-state index in [1.54, 1.807) is 23.8 Å². The number of halogens is 4. The number of benzene rings is 3. The van der Waals surface area contributed by atoms with Crippen molar-refractivity contribution in [2.75, 3.05) is 20.2 Å². The quantitative estimate of drug-likeness (QED) is 0.236. The summed E-state index contributed by atoms with van der Waals surface area (Å²) < 4.78 is 38.7. The van der Waals surface area contributed by atoms with Crippen molar-refractivity contribution in [1.29, 1.82) is 5.26 Å². The third kappa shape index (κ3) is 6.75. The molecule has 1 aliphatic rings. The highest BCUT2D eigenvalue weighted by Crippen LogP contribution is 2.47. The average molecular weight is 598 g/mol. The fourth-order valence-corrected chi connectivity index (χ4v) is 4.95. The molecule has 1 saturated carbocycles. The summed E-state index contributed by atoms with van der Waals surface area (Å²) in [5.74, 6) is -2.11. The number of hydrogen-bond donors (Lipinski definition) is 2. The molecule has 0 spiro atoms. The van der Waals surface area contributed by atoms with E-state index in [9.17, 15) is 23.2 Å². The molecule has 42 heavy (non-hydrogen) atoms. The maximum absolute atomic E-state index is 13.5. The number of aromatic nitrogens is 1. The summed E-state index contributed by atoms with van der Waals surface area (Å²) in [6.07, 6.45) is -2.83. The second kappa shape index (κ2) is 12.7. The van der Waals surface area contributed by atoms with Crippen LogP contribution in [-0.4, -0.2) is 42.0 Å². The van der Waals surface area contributed by atoms with Gasteiger partial charge in [0.25, 0.3) is 5.56 Å². The number of nitrogens with one attached hydrogen (secondary N) is 1. The molecule has 3 aromatic carbocycles. The van der Waals surface area contributed by atoms with Crippen LogP contribution in [0.25, 0.3) is 21.9 Å². The predicted octanol–water partition coefficient (Wildman–Crippen LogP) is 6.16. The molecule has 5 rings (SSSR count). The first kappa shape index (κ1) is 30.6. The van der Waals surface area contributed by atoms with Crippen molar-refractivity contribution in [2.45, 2.75) is 31.0 Å². The van der Waals surface area contributed by atoms with Gasteiger partial charge in [-0.15, -0.1) is 0 Å². The minimum Gasteiger partial charge on any atom is -0.497 e. The SMILES string of the molecule is COc1ccc2c(=O)n(CCNCC3(c4ccc(Cl)cc4)CC3)c(C#N)c(-c3ccccc3)c2c1.O=C(O)C(F)(F)F. The van der Waals surface area contributed by atoms with E-state index in [0.29, 0.717) is 29.9 Å². The molecule has 1 aromatic heterocycles. The maximum atomic E-state index is 13.5. The van der Waals surface area contributed by atoms with Crippen molar-refractivity contribution >= 4 is 28.3 Å². The van der Waals surface area contributed by atoms with Gasteiger partial charge in [-0.25, -0.2) is 4.79 Å². The number of hydrogen-bond acceptors (Lipinski definition) is 5. The Bertz CT molecular complexity index is 1680. The number of nitrogens with zero attached hydrogens (tertiary/aromatic N) is 2. The third-order valence-corrected chi connectivity index (χ3v) is 7.43. The van der Waals surface area contributed by atoms with Crippen molar-refractivity contribution in [2.24, 2.45) is 0 Å². The number of carbonyl (C=O) groups is 1. The first-order valence-electron chi connectivity index (χ1n) is 13.0. The summed E-state index contributed by atoms with van der Waals surface area (Å²) in [5.41, 5.74) is 3.26. The van der Waals surface area contributed by atoms with Gasteiger partial charge < -0.3 is 15.2 Å². The van der Waals surface area contributed by atoms with Gasteiger partial charge in [-0.05, 0) is 54.3 Å². The zero-order chi connectivity index (χ0) is 30.5. The molecule has 0 unspecified atom stereocenters. The summed E-state index contributed by atoms with van der Waals surface area (Å²) in [5, 5.41) is 22.9. The van der Waals surface area contributed by atoms with E-state index in [2.05, 4.69) is 23.5 Å². The van der Waals surface area contributed by atoms with E-state index in [0.717, 1.165) is 40.9 Å². The van der Waals surface area contributed by atoms with Gasteiger partial charge in [-0.1, -0.05) is 54.1 Å². The zero-order valence-electron chi connectivity index (χ0n) is 22.5.